The Morgan fingerprint density at radius 2 is 1.70 bits per heavy atom. The predicted octanol–water partition coefficient (Wildman–Crippen LogP) is 1.79. The molecule has 64 valence electrons. The van der Waals surface area contributed by atoms with Crippen LogP contribution in [-0.4, -0.2) is 19.3 Å². The molecule has 0 spiro atoms. The third kappa shape index (κ3) is 15.7. The van der Waals surface area contributed by atoms with Crippen molar-refractivity contribution >= 4 is 0 Å². The first-order valence-corrected chi connectivity index (χ1v) is 3.84. The van der Waals surface area contributed by atoms with Crippen molar-refractivity contribution in [2.75, 3.05) is 13.7 Å². The standard InChI is InChI=1S/C6H15NO.C2H6/c1-6(2,7)4-5-8-3;1-2/h4-5,7H2,1-3H3;1-2H3. The molecular formula is C8H21NO. The van der Waals surface area contributed by atoms with Crippen LogP contribution in [0.4, 0.5) is 0 Å². The first-order chi connectivity index (χ1) is 4.56. The summed E-state index contributed by atoms with van der Waals surface area (Å²) in [6, 6.07) is 0. The van der Waals surface area contributed by atoms with Gasteiger partial charge in [0, 0.05) is 19.3 Å². The Bertz CT molecular complexity index is 56.8. The van der Waals surface area contributed by atoms with Crippen LogP contribution in [-0.2, 0) is 4.74 Å². The lowest BCUT2D eigenvalue weighted by Gasteiger charge is -2.16. The van der Waals surface area contributed by atoms with Crippen molar-refractivity contribution in [3.63, 3.8) is 0 Å². The number of hydrogen-bond donors (Lipinski definition) is 1. The molecule has 0 bridgehead atoms. The van der Waals surface area contributed by atoms with Crippen molar-refractivity contribution in [2.45, 2.75) is 39.7 Å². The lowest BCUT2D eigenvalue weighted by molar-refractivity contribution is 0.176. The van der Waals surface area contributed by atoms with Crippen LogP contribution in [0.5, 0.6) is 0 Å². The van der Waals surface area contributed by atoms with Gasteiger partial charge in [-0.05, 0) is 20.3 Å². The molecule has 0 atom stereocenters. The largest absolute Gasteiger partial charge is 0.385 e. The molecule has 0 aliphatic carbocycles. The van der Waals surface area contributed by atoms with E-state index in [1.807, 2.05) is 27.7 Å². The average Bonchev–Trinajstić information content (AvgIpc) is 1.87. The Balaban J connectivity index is 0. The summed E-state index contributed by atoms with van der Waals surface area (Å²) < 4.78 is 4.84. The van der Waals surface area contributed by atoms with Crippen LogP contribution < -0.4 is 5.73 Å². The summed E-state index contributed by atoms with van der Waals surface area (Å²) in [5, 5.41) is 0. The maximum Gasteiger partial charge on any atom is 0.0479 e. The number of methoxy groups -OCH3 is 1. The monoisotopic (exact) mass is 147 g/mol. The topological polar surface area (TPSA) is 35.2 Å². The van der Waals surface area contributed by atoms with Gasteiger partial charge in [0.15, 0.2) is 0 Å². The summed E-state index contributed by atoms with van der Waals surface area (Å²) in [5.41, 5.74) is 5.57. The van der Waals surface area contributed by atoms with Crippen LogP contribution in [0.15, 0.2) is 0 Å². The maximum absolute atomic E-state index is 5.64. The molecule has 0 rings (SSSR count). The van der Waals surface area contributed by atoms with Gasteiger partial charge in [-0.2, -0.15) is 0 Å². The molecule has 0 heterocycles. The Labute approximate surface area is 64.8 Å². The van der Waals surface area contributed by atoms with E-state index in [0.717, 1.165) is 13.0 Å². The highest BCUT2D eigenvalue weighted by molar-refractivity contribution is 4.70. The minimum absolute atomic E-state index is 0.0734. The van der Waals surface area contributed by atoms with Crippen molar-refractivity contribution in [2.24, 2.45) is 5.73 Å². The molecule has 0 aromatic rings. The summed E-state index contributed by atoms with van der Waals surface area (Å²) in [4.78, 5) is 0. The zero-order valence-electron chi connectivity index (χ0n) is 7.90. The molecular weight excluding hydrogens is 126 g/mol. The molecule has 0 saturated carbocycles. The van der Waals surface area contributed by atoms with Crippen molar-refractivity contribution in [3.8, 4) is 0 Å². The second-order valence-corrected chi connectivity index (χ2v) is 2.73. The zero-order valence-corrected chi connectivity index (χ0v) is 7.90. The highest BCUT2D eigenvalue weighted by atomic mass is 16.5. The Kier molecular flexibility index (Phi) is 8.85. The fourth-order valence-corrected chi connectivity index (χ4v) is 0.365. The van der Waals surface area contributed by atoms with Crippen LogP contribution in [0.2, 0.25) is 0 Å². The van der Waals surface area contributed by atoms with Gasteiger partial charge < -0.3 is 10.5 Å². The molecule has 10 heavy (non-hydrogen) atoms. The van der Waals surface area contributed by atoms with Crippen molar-refractivity contribution in [1.29, 1.82) is 0 Å². The summed E-state index contributed by atoms with van der Waals surface area (Å²) in [6.45, 7) is 8.74. The molecule has 0 saturated heterocycles. The van der Waals surface area contributed by atoms with Crippen LogP contribution in [0.1, 0.15) is 34.1 Å². The summed E-state index contributed by atoms with van der Waals surface area (Å²) in [6.07, 6.45) is 0.920. The minimum Gasteiger partial charge on any atom is -0.385 e. The van der Waals surface area contributed by atoms with E-state index in [1.165, 1.54) is 0 Å². The van der Waals surface area contributed by atoms with Crippen LogP contribution in [0.25, 0.3) is 0 Å². The Morgan fingerprint density at radius 3 is 1.80 bits per heavy atom. The second kappa shape index (κ2) is 7.03. The minimum atomic E-state index is -0.0734. The molecule has 0 aliphatic rings. The van der Waals surface area contributed by atoms with Gasteiger partial charge in [-0.25, -0.2) is 0 Å². The van der Waals surface area contributed by atoms with E-state index in [1.54, 1.807) is 7.11 Å². The van der Waals surface area contributed by atoms with Gasteiger partial charge in [0.25, 0.3) is 0 Å². The Morgan fingerprint density at radius 1 is 1.30 bits per heavy atom. The molecule has 0 fully saturated rings. The fraction of sp³-hybridized carbons (Fsp3) is 1.00. The third-order valence-corrected chi connectivity index (χ3v) is 0.951. The van der Waals surface area contributed by atoms with Crippen LogP contribution in [0, 0.1) is 0 Å². The molecule has 2 nitrogen and oxygen atoms in total. The fourth-order valence-electron chi connectivity index (χ4n) is 0.365. The number of nitrogens with two attached hydrogens (primary N) is 1. The first kappa shape index (κ1) is 12.6. The predicted molar refractivity (Wildman–Crippen MR) is 46.1 cm³/mol. The maximum atomic E-state index is 5.64. The quantitative estimate of drug-likeness (QED) is 0.660. The highest BCUT2D eigenvalue weighted by Crippen LogP contribution is 2.01. The number of rotatable bonds is 3. The SMILES string of the molecule is CC.COCCC(C)(C)N. The van der Waals surface area contributed by atoms with E-state index in [9.17, 15) is 0 Å². The van der Waals surface area contributed by atoms with Gasteiger partial charge in [0.2, 0.25) is 0 Å². The smallest absolute Gasteiger partial charge is 0.0479 e. The van der Waals surface area contributed by atoms with E-state index >= 15 is 0 Å². The van der Waals surface area contributed by atoms with Gasteiger partial charge in [0.1, 0.15) is 0 Å². The van der Waals surface area contributed by atoms with Crippen molar-refractivity contribution in [1.82, 2.24) is 0 Å². The molecule has 0 aromatic heterocycles. The summed E-state index contributed by atoms with van der Waals surface area (Å²) in [5.74, 6) is 0. The number of hydrogen-bond acceptors (Lipinski definition) is 2. The molecule has 2 N–H and O–H groups in total. The molecule has 0 aromatic carbocycles. The van der Waals surface area contributed by atoms with E-state index in [4.69, 9.17) is 10.5 Å². The molecule has 0 amide bonds. The van der Waals surface area contributed by atoms with Gasteiger partial charge in [-0.3, -0.25) is 0 Å². The number of ether oxygens (including phenoxy) is 1. The average molecular weight is 147 g/mol. The van der Waals surface area contributed by atoms with Crippen LogP contribution >= 0.6 is 0 Å². The van der Waals surface area contributed by atoms with E-state index in [2.05, 4.69) is 0 Å². The van der Waals surface area contributed by atoms with Gasteiger partial charge in [0.05, 0.1) is 0 Å². The normalized spacial score (nSPS) is 10.2. The lowest BCUT2D eigenvalue weighted by atomic mass is 10.0. The van der Waals surface area contributed by atoms with Crippen LogP contribution in [0.3, 0.4) is 0 Å². The second-order valence-electron chi connectivity index (χ2n) is 2.73. The molecule has 2 heteroatoms. The van der Waals surface area contributed by atoms with E-state index in [-0.39, 0.29) is 5.54 Å². The van der Waals surface area contributed by atoms with Gasteiger partial charge in [-0.15, -0.1) is 0 Å². The van der Waals surface area contributed by atoms with E-state index < -0.39 is 0 Å². The van der Waals surface area contributed by atoms with Gasteiger partial charge in [-0.1, -0.05) is 13.8 Å². The van der Waals surface area contributed by atoms with Crippen molar-refractivity contribution < 1.29 is 4.74 Å². The molecule has 0 radical (unpaired) electrons. The molecule has 0 unspecified atom stereocenters. The Hall–Kier alpha value is -0.0800. The zero-order chi connectivity index (χ0) is 8.62. The third-order valence-electron chi connectivity index (χ3n) is 0.951. The molecule has 0 aliphatic heterocycles. The summed E-state index contributed by atoms with van der Waals surface area (Å²) >= 11 is 0. The lowest BCUT2D eigenvalue weighted by Crippen LogP contribution is -2.32. The summed E-state index contributed by atoms with van der Waals surface area (Å²) in [7, 11) is 1.69. The van der Waals surface area contributed by atoms with Crippen molar-refractivity contribution in [3.05, 3.63) is 0 Å². The first-order valence-electron chi connectivity index (χ1n) is 3.84. The van der Waals surface area contributed by atoms with Gasteiger partial charge >= 0.3 is 0 Å². The van der Waals surface area contributed by atoms with E-state index in [0.29, 0.717) is 0 Å². The highest BCUT2D eigenvalue weighted by Gasteiger charge is 2.08.